The van der Waals surface area contributed by atoms with Crippen molar-refractivity contribution < 1.29 is 14.3 Å². The van der Waals surface area contributed by atoms with Crippen molar-refractivity contribution in [2.24, 2.45) is 0 Å². The SMILES string of the molecule is O=C(NC1CCCC1)[C@H](Cc1ccccc1)N(Cc1ccc(Cl)cc1Cl)C(=O)COc1cccc(Cl)c1. The molecule has 194 valence electrons. The van der Waals surface area contributed by atoms with Gasteiger partial charge in [0, 0.05) is 34.1 Å². The van der Waals surface area contributed by atoms with E-state index in [4.69, 9.17) is 39.5 Å². The van der Waals surface area contributed by atoms with Gasteiger partial charge < -0.3 is 15.0 Å². The quantitative estimate of drug-likeness (QED) is 0.300. The molecular formula is C29H29Cl3N2O3. The summed E-state index contributed by atoms with van der Waals surface area (Å²) in [5, 5.41) is 4.61. The molecular weight excluding hydrogens is 531 g/mol. The molecule has 0 aliphatic heterocycles. The van der Waals surface area contributed by atoms with Gasteiger partial charge in [-0.3, -0.25) is 9.59 Å². The van der Waals surface area contributed by atoms with Crippen LogP contribution < -0.4 is 10.1 Å². The molecule has 0 unspecified atom stereocenters. The number of benzene rings is 3. The van der Waals surface area contributed by atoms with Gasteiger partial charge in [0.15, 0.2) is 6.61 Å². The molecule has 3 aromatic carbocycles. The molecule has 5 nitrogen and oxygen atoms in total. The third-order valence-corrected chi connectivity index (χ3v) is 7.31. The lowest BCUT2D eigenvalue weighted by Gasteiger charge is -2.32. The van der Waals surface area contributed by atoms with E-state index in [0.717, 1.165) is 31.2 Å². The zero-order valence-corrected chi connectivity index (χ0v) is 22.6. The molecule has 4 rings (SSSR count). The molecule has 0 spiro atoms. The van der Waals surface area contributed by atoms with Crippen molar-refractivity contribution in [3.8, 4) is 5.75 Å². The summed E-state index contributed by atoms with van der Waals surface area (Å²) in [6.07, 6.45) is 4.42. The summed E-state index contributed by atoms with van der Waals surface area (Å²) in [6, 6.07) is 21.0. The van der Waals surface area contributed by atoms with Crippen molar-refractivity contribution in [3.05, 3.63) is 99.0 Å². The van der Waals surface area contributed by atoms with Gasteiger partial charge in [-0.05, 0) is 54.3 Å². The predicted octanol–water partition coefficient (Wildman–Crippen LogP) is 6.72. The molecule has 0 radical (unpaired) electrons. The minimum atomic E-state index is -0.759. The fourth-order valence-electron chi connectivity index (χ4n) is 4.54. The van der Waals surface area contributed by atoms with Crippen LogP contribution in [0.1, 0.15) is 36.8 Å². The smallest absolute Gasteiger partial charge is 0.261 e. The predicted molar refractivity (Wildman–Crippen MR) is 148 cm³/mol. The van der Waals surface area contributed by atoms with Crippen LogP contribution in [0.5, 0.6) is 5.75 Å². The fraction of sp³-hybridized carbons (Fsp3) is 0.310. The number of carbonyl (C=O) groups excluding carboxylic acids is 2. The van der Waals surface area contributed by atoms with Gasteiger partial charge in [0.2, 0.25) is 5.91 Å². The Morgan fingerprint density at radius 2 is 1.65 bits per heavy atom. The highest BCUT2D eigenvalue weighted by atomic mass is 35.5. The van der Waals surface area contributed by atoms with Gasteiger partial charge in [-0.15, -0.1) is 0 Å². The van der Waals surface area contributed by atoms with Crippen LogP contribution in [-0.2, 0) is 22.6 Å². The summed E-state index contributed by atoms with van der Waals surface area (Å²) < 4.78 is 5.77. The Morgan fingerprint density at radius 1 is 0.919 bits per heavy atom. The molecule has 2 amide bonds. The number of nitrogens with one attached hydrogen (secondary N) is 1. The third-order valence-electron chi connectivity index (χ3n) is 6.49. The highest BCUT2D eigenvalue weighted by molar-refractivity contribution is 6.35. The zero-order chi connectivity index (χ0) is 26.2. The molecule has 1 N–H and O–H groups in total. The maximum absolute atomic E-state index is 13.7. The molecule has 0 aromatic heterocycles. The second kappa shape index (κ2) is 13.2. The van der Waals surface area contributed by atoms with E-state index >= 15 is 0 Å². The first-order valence-electron chi connectivity index (χ1n) is 12.3. The number of nitrogens with zero attached hydrogens (tertiary/aromatic N) is 1. The fourth-order valence-corrected chi connectivity index (χ4v) is 5.19. The van der Waals surface area contributed by atoms with Gasteiger partial charge in [-0.2, -0.15) is 0 Å². The van der Waals surface area contributed by atoms with Gasteiger partial charge in [-0.1, -0.05) is 90.1 Å². The van der Waals surface area contributed by atoms with E-state index in [0.29, 0.717) is 32.8 Å². The lowest BCUT2D eigenvalue weighted by Crippen LogP contribution is -2.53. The topological polar surface area (TPSA) is 58.6 Å². The van der Waals surface area contributed by atoms with Crippen LogP contribution in [0.2, 0.25) is 15.1 Å². The molecule has 1 aliphatic rings. The highest BCUT2D eigenvalue weighted by Crippen LogP contribution is 2.25. The second-order valence-electron chi connectivity index (χ2n) is 9.20. The largest absolute Gasteiger partial charge is 0.484 e. The van der Waals surface area contributed by atoms with E-state index in [1.807, 2.05) is 30.3 Å². The van der Waals surface area contributed by atoms with Crippen LogP contribution >= 0.6 is 34.8 Å². The normalized spacial score (nSPS) is 14.2. The molecule has 0 bridgehead atoms. The first kappa shape index (κ1) is 27.3. The van der Waals surface area contributed by atoms with Gasteiger partial charge in [0.1, 0.15) is 11.8 Å². The number of rotatable bonds is 10. The van der Waals surface area contributed by atoms with Crippen molar-refractivity contribution in [2.45, 2.75) is 50.7 Å². The molecule has 0 saturated heterocycles. The average Bonchev–Trinajstić information content (AvgIpc) is 3.39. The molecule has 1 saturated carbocycles. The minimum absolute atomic E-state index is 0.115. The number of ether oxygens (including phenoxy) is 1. The van der Waals surface area contributed by atoms with Crippen LogP contribution in [0.15, 0.2) is 72.8 Å². The average molecular weight is 560 g/mol. The number of amides is 2. The first-order chi connectivity index (χ1) is 17.9. The standard InChI is InChI=1S/C29H29Cl3N2O3/c30-22-9-6-12-25(16-22)37-19-28(35)34(18-21-13-14-23(31)17-26(21)32)27(15-20-7-2-1-3-8-20)29(36)33-24-10-4-5-11-24/h1-3,6-9,12-14,16-17,24,27H,4-5,10-11,15,18-19H2,(H,33,36)/t27-/m0/s1. The van der Waals surface area contributed by atoms with Crippen LogP contribution in [0.25, 0.3) is 0 Å². The maximum atomic E-state index is 13.7. The molecule has 0 heterocycles. The lowest BCUT2D eigenvalue weighted by molar-refractivity contribution is -0.143. The molecule has 1 fully saturated rings. The summed E-state index contributed by atoms with van der Waals surface area (Å²) in [4.78, 5) is 28.9. The summed E-state index contributed by atoms with van der Waals surface area (Å²) in [5.41, 5.74) is 1.64. The highest BCUT2D eigenvalue weighted by Gasteiger charge is 2.32. The lowest BCUT2D eigenvalue weighted by atomic mass is 10.0. The van der Waals surface area contributed by atoms with Crippen molar-refractivity contribution in [2.75, 3.05) is 6.61 Å². The molecule has 1 atom stereocenters. The van der Waals surface area contributed by atoms with Gasteiger partial charge in [0.25, 0.3) is 5.91 Å². The van der Waals surface area contributed by atoms with Crippen molar-refractivity contribution >= 4 is 46.6 Å². The Bertz CT molecular complexity index is 1220. The van der Waals surface area contributed by atoms with Crippen LogP contribution in [0.4, 0.5) is 0 Å². The van der Waals surface area contributed by atoms with Gasteiger partial charge in [0.05, 0.1) is 0 Å². The minimum Gasteiger partial charge on any atom is -0.484 e. The summed E-state index contributed by atoms with van der Waals surface area (Å²) in [7, 11) is 0. The number of hydrogen-bond acceptors (Lipinski definition) is 3. The van der Waals surface area contributed by atoms with Crippen LogP contribution in [0, 0.1) is 0 Å². The monoisotopic (exact) mass is 558 g/mol. The Kier molecular flexibility index (Phi) is 9.73. The van der Waals surface area contributed by atoms with E-state index in [-0.39, 0.29) is 31.0 Å². The van der Waals surface area contributed by atoms with E-state index in [1.54, 1.807) is 47.4 Å². The Hall–Kier alpha value is -2.73. The number of hydrogen-bond donors (Lipinski definition) is 1. The summed E-state index contributed by atoms with van der Waals surface area (Å²) >= 11 is 18.7. The third kappa shape index (κ3) is 7.88. The van der Waals surface area contributed by atoms with Crippen molar-refractivity contribution in [1.82, 2.24) is 10.2 Å². The summed E-state index contributed by atoms with van der Waals surface area (Å²) in [6.45, 7) is -0.128. The van der Waals surface area contributed by atoms with Crippen molar-refractivity contribution in [3.63, 3.8) is 0 Å². The molecule has 1 aliphatic carbocycles. The first-order valence-corrected chi connectivity index (χ1v) is 13.5. The van der Waals surface area contributed by atoms with Crippen LogP contribution in [-0.4, -0.2) is 35.4 Å². The second-order valence-corrected chi connectivity index (χ2v) is 10.5. The van der Waals surface area contributed by atoms with Gasteiger partial charge in [-0.25, -0.2) is 0 Å². The Labute approximate surface area is 232 Å². The van der Waals surface area contributed by atoms with E-state index in [1.165, 1.54) is 0 Å². The number of carbonyl (C=O) groups is 2. The van der Waals surface area contributed by atoms with E-state index in [9.17, 15) is 9.59 Å². The molecule has 3 aromatic rings. The van der Waals surface area contributed by atoms with Crippen molar-refractivity contribution in [1.29, 1.82) is 0 Å². The van der Waals surface area contributed by atoms with E-state index in [2.05, 4.69) is 5.32 Å². The summed E-state index contributed by atoms with van der Waals surface area (Å²) in [5.74, 6) is -0.0502. The molecule has 37 heavy (non-hydrogen) atoms. The van der Waals surface area contributed by atoms with Gasteiger partial charge >= 0.3 is 0 Å². The Morgan fingerprint density at radius 3 is 2.35 bits per heavy atom. The van der Waals surface area contributed by atoms with E-state index < -0.39 is 6.04 Å². The van der Waals surface area contributed by atoms with Crippen LogP contribution in [0.3, 0.4) is 0 Å². The number of halogens is 3. The maximum Gasteiger partial charge on any atom is 0.261 e. The zero-order valence-electron chi connectivity index (χ0n) is 20.3. The Balaban J connectivity index is 1.63. The molecule has 8 heteroatoms.